The highest BCUT2D eigenvalue weighted by atomic mass is 16.1. The molecule has 0 aliphatic rings. The highest BCUT2D eigenvalue weighted by molar-refractivity contribution is 5.98. The number of amides is 1. The Kier molecular flexibility index (Phi) is 4.52. The zero-order valence-corrected chi connectivity index (χ0v) is 10.7. The summed E-state index contributed by atoms with van der Waals surface area (Å²) in [6.07, 6.45) is 0. The average molecular weight is 235 g/mol. The Labute approximate surface area is 102 Å². The van der Waals surface area contributed by atoms with Gasteiger partial charge in [-0.2, -0.15) is 0 Å². The summed E-state index contributed by atoms with van der Waals surface area (Å²) >= 11 is 0. The van der Waals surface area contributed by atoms with Gasteiger partial charge in [0.15, 0.2) is 0 Å². The molecule has 5 N–H and O–H groups in total. The normalized spacial score (nSPS) is 12.5. The first-order valence-corrected chi connectivity index (χ1v) is 5.81. The van der Waals surface area contributed by atoms with Gasteiger partial charge in [-0.15, -0.1) is 0 Å². The van der Waals surface area contributed by atoms with E-state index in [1.54, 1.807) is 6.07 Å². The van der Waals surface area contributed by atoms with E-state index in [-0.39, 0.29) is 6.04 Å². The first-order chi connectivity index (χ1) is 7.91. The van der Waals surface area contributed by atoms with Crippen molar-refractivity contribution >= 4 is 11.6 Å². The van der Waals surface area contributed by atoms with Crippen LogP contribution in [0.5, 0.6) is 0 Å². The van der Waals surface area contributed by atoms with Crippen molar-refractivity contribution in [2.45, 2.75) is 26.8 Å². The fraction of sp³-hybridized carbons (Fsp3) is 0.462. The predicted octanol–water partition coefficient (Wildman–Crippen LogP) is 1.49. The Morgan fingerprint density at radius 2 is 2.06 bits per heavy atom. The molecule has 0 spiro atoms. The van der Waals surface area contributed by atoms with Crippen molar-refractivity contribution in [3.63, 3.8) is 0 Å². The Hall–Kier alpha value is -1.55. The number of hydrogen-bond acceptors (Lipinski definition) is 3. The molecular weight excluding hydrogens is 214 g/mol. The maximum atomic E-state index is 11.3. The molecule has 1 unspecified atom stereocenters. The molecule has 0 saturated carbocycles. The molecule has 1 atom stereocenters. The van der Waals surface area contributed by atoms with Crippen molar-refractivity contribution in [2.75, 3.05) is 11.9 Å². The van der Waals surface area contributed by atoms with Gasteiger partial charge >= 0.3 is 0 Å². The van der Waals surface area contributed by atoms with Crippen LogP contribution in [0, 0.1) is 12.8 Å². The van der Waals surface area contributed by atoms with Crippen molar-refractivity contribution in [2.24, 2.45) is 17.4 Å². The van der Waals surface area contributed by atoms with E-state index in [0.717, 1.165) is 11.3 Å². The first-order valence-electron chi connectivity index (χ1n) is 5.81. The predicted molar refractivity (Wildman–Crippen MR) is 71.0 cm³/mol. The fourth-order valence-electron chi connectivity index (χ4n) is 1.48. The first kappa shape index (κ1) is 13.5. The van der Waals surface area contributed by atoms with Gasteiger partial charge in [0.05, 0.1) is 5.56 Å². The largest absolute Gasteiger partial charge is 0.383 e. The third-order valence-corrected chi connectivity index (χ3v) is 2.83. The number of anilines is 1. The molecule has 0 aromatic heterocycles. The van der Waals surface area contributed by atoms with E-state index in [4.69, 9.17) is 11.5 Å². The lowest BCUT2D eigenvalue weighted by atomic mass is 10.0. The average Bonchev–Trinajstić information content (AvgIpc) is 2.25. The van der Waals surface area contributed by atoms with E-state index in [1.165, 1.54) is 0 Å². The lowest BCUT2D eigenvalue weighted by Crippen LogP contribution is -2.34. The van der Waals surface area contributed by atoms with E-state index < -0.39 is 5.91 Å². The van der Waals surface area contributed by atoms with E-state index >= 15 is 0 Å². The standard InChI is InChI=1S/C13H21N3O/c1-8(2)11(14)7-16-12-6-9(3)4-5-10(12)13(15)17/h4-6,8,11,16H,7,14H2,1-3H3,(H2,15,17). The lowest BCUT2D eigenvalue weighted by Gasteiger charge is -2.18. The molecule has 4 heteroatoms. The van der Waals surface area contributed by atoms with Gasteiger partial charge in [0.2, 0.25) is 0 Å². The molecule has 0 fully saturated rings. The SMILES string of the molecule is Cc1ccc(C(N)=O)c(NCC(N)C(C)C)c1. The molecule has 1 aromatic rings. The molecule has 0 radical (unpaired) electrons. The number of nitrogens with two attached hydrogens (primary N) is 2. The maximum absolute atomic E-state index is 11.3. The summed E-state index contributed by atoms with van der Waals surface area (Å²) in [5.41, 5.74) is 13.6. The third-order valence-electron chi connectivity index (χ3n) is 2.83. The summed E-state index contributed by atoms with van der Waals surface area (Å²) in [6.45, 7) is 6.73. The van der Waals surface area contributed by atoms with E-state index in [9.17, 15) is 4.79 Å². The Morgan fingerprint density at radius 3 is 2.59 bits per heavy atom. The number of nitrogens with one attached hydrogen (secondary N) is 1. The summed E-state index contributed by atoms with van der Waals surface area (Å²) in [5, 5.41) is 3.19. The molecule has 1 aromatic carbocycles. The second kappa shape index (κ2) is 5.68. The quantitative estimate of drug-likeness (QED) is 0.723. The summed E-state index contributed by atoms with van der Waals surface area (Å²) in [7, 11) is 0. The van der Waals surface area contributed by atoms with Gasteiger partial charge in [-0.25, -0.2) is 0 Å². The molecule has 1 rings (SSSR count). The number of carbonyl (C=O) groups excluding carboxylic acids is 1. The van der Waals surface area contributed by atoms with Crippen LogP contribution in [-0.4, -0.2) is 18.5 Å². The van der Waals surface area contributed by atoms with Crippen LogP contribution in [-0.2, 0) is 0 Å². The van der Waals surface area contributed by atoms with Crippen molar-refractivity contribution in [1.82, 2.24) is 0 Å². The minimum Gasteiger partial charge on any atom is -0.383 e. The molecule has 0 aliphatic heterocycles. The fourth-order valence-corrected chi connectivity index (χ4v) is 1.48. The van der Waals surface area contributed by atoms with Crippen LogP contribution in [0.25, 0.3) is 0 Å². The minimum absolute atomic E-state index is 0.0521. The van der Waals surface area contributed by atoms with Crippen LogP contribution in [0.2, 0.25) is 0 Å². The van der Waals surface area contributed by atoms with Crippen molar-refractivity contribution < 1.29 is 4.79 Å². The molecule has 0 aliphatic carbocycles. The van der Waals surface area contributed by atoms with Crippen LogP contribution in [0.3, 0.4) is 0 Å². The lowest BCUT2D eigenvalue weighted by molar-refractivity contribution is 0.100. The zero-order valence-electron chi connectivity index (χ0n) is 10.7. The van der Waals surface area contributed by atoms with Gasteiger partial charge in [0, 0.05) is 18.3 Å². The van der Waals surface area contributed by atoms with E-state index in [2.05, 4.69) is 19.2 Å². The second-order valence-corrected chi connectivity index (χ2v) is 4.70. The molecule has 1 amide bonds. The number of rotatable bonds is 5. The monoisotopic (exact) mass is 235 g/mol. The van der Waals surface area contributed by atoms with Crippen LogP contribution in [0.15, 0.2) is 18.2 Å². The van der Waals surface area contributed by atoms with Gasteiger partial charge < -0.3 is 16.8 Å². The molecule has 0 bridgehead atoms. The number of carbonyl (C=O) groups is 1. The summed E-state index contributed by atoms with van der Waals surface area (Å²) in [5.74, 6) is -0.0324. The van der Waals surface area contributed by atoms with Crippen LogP contribution >= 0.6 is 0 Å². The van der Waals surface area contributed by atoms with Crippen molar-refractivity contribution in [1.29, 1.82) is 0 Å². The highest BCUT2D eigenvalue weighted by Crippen LogP contribution is 2.17. The van der Waals surface area contributed by atoms with Gasteiger partial charge in [-0.05, 0) is 30.5 Å². The minimum atomic E-state index is -0.425. The molecule has 4 nitrogen and oxygen atoms in total. The second-order valence-electron chi connectivity index (χ2n) is 4.70. The number of hydrogen-bond donors (Lipinski definition) is 3. The molecule has 0 heterocycles. The van der Waals surface area contributed by atoms with E-state index in [1.807, 2.05) is 19.1 Å². The van der Waals surface area contributed by atoms with Gasteiger partial charge in [-0.3, -0.25) is 4.79 Å². The number of aryl methyl sites for hydroxylation is 1. The Morgan fingerprint density at radius 1 is 1.41 bits per heavy atom. The van der Waals surface area contributed by atoms with Crippen molar-refractivity contribution in [3.05, 3.63) is 29.3 Å². The van der Waals surface area contributed by atoms with Crippen LogP contribution < -0.4 is 16.8 Å². The zero-order chi connectivity index (χ0) is 13.0. The molecule has 94 valence electrons. The smallest absolute Gasteiger partial charge is 0.250 e. The number of primary amides is 1. The Balaban J connectivity index is 2.82. The summed E-state index contributed by atoms with van der Waals surface area (Å²) in [4.78, 5) is 11.3. The highest BCUT2D eigenvalue weighted by Gasteiger charge is 2.11. The van der Waals surface area contributed by atoms with Crippen LogP contribution in [0.1, 0.15) is 29.8 Å². The molecule has 0 saturated heterocycles. The summed E-state index contributed by atoms with van der Waals surface area (Å²) in [6, 6.07) is 5.57. The third kappa shape index (κ3) is 3.75. The van der Waals surface area contributed by atoms with E-state index in [0.29, 0.717) is 18.0 Å². The van der Waals surface area contributed by atoms with Crippen molar-refractivity contribution in [3.8, 4) is 0 Å². The maximum Gasteiger partial charge on any atom is 0.250 e. The Bertz CT molecular complexity index is 402. The van der Waals surface area contributed by atoms with Gasteiger partial charge in [0.1, 0.15) is 0 Å². The van der Waals surface area contributed by atoms with Gasteiger partial charge in [0.25, 0.3) is 5.91 Å². The summed E-state index contributed by atoms with van der Waals surface area (Å²) < 4.78 is 0. The molecular formula is C13H21N3O. The number of benzene rings is 1. The topological polar surface area (TPSA) is 81.1 Å². The molecule has 17 heavy (non-hydrogen) atoms. The van der Waals surface area contributed by atoms with Crippen LogP contribution in [0.4, 0.5) is 5.69 Å². The van der Waals surface area contributed by atoms with Gasteiger partial charge in [-0.1, -0.05) is 19.9 Å².